The summed E-state index contributed by atoms with van der Waals surface area (Å²) in [6.07, 6.45) is 2.11. The van der Waals surface area contributed by atoms with Gasteiger partial charge in [-0.3, -0.25) is 19.3 Å². The molecule has 0 spiro atoms. The van der Waals surface area contributed by atoms with E-state index in [1.165, 1.54) is 4.90 Å². The van der Waals surface area contributed by atoms with Gasteiger partial charge in [0.1, 0.15) is 0 Å². The second-order valence-electron chi connectivity index (χ2n) is 5.40. The monoisotopic (exact) mass is 252 g/mol. The number of hydrogen-bond donors (Lipinski definition) is 0. The van der Waals surface area contributed by atoms with Crippen molar-refractivity contribution in [2.75, 3.05) is 19.6 Å². The Morgan fingerprint density at radius 1 is 1.28 bits per heavy atom. The molecule has 2 saturated heterocycles. The molecule has 2 aliphatic rings. The Bertz CT molecular complexity index is 372. The largest absolute Gasteiger partial charge is 0.343 e. The lowest BCUT2D eigenvalue weighted by Crippen LogP contribution is -2.42. The molecule has 0 saturated carbocycles. The van der Waals surface area contributed by atoms with Crippen molar-refractivity contribution < 1.29 is 14.4 Å². The molecule has 0 N–H and O–H groups in total. The van der Waals surface area contributed by atoms with Crippen LogP contribution in [0.25, 0.3) is 0 Å². The molecule has 5 nitrogen and oxygen atoms in total. The molecule has 18 heavy (non-hydrogen) atoms. The lowest BCUT2D eigenvalue weighted by atomic mass is 9.96. The summed E-state index contributed by atoms with van der Waals surface area (Å²) < 4.78 is 0. The molecule has 2 aliphatic heterocycles. The predicted molar refractivity (Wildman–Crippen MR) is 65.5 cm³/mol. The summed E-state index contributed by atoms with van der Waals surface area (Å²) in [4.78, 5) is 37.9. The van der Waals surface area contributed by atoms with E-state index in [1.54, 1.807) is 13.8 Å². The lowest BCUT2D eigenvalue weighted by molar-refractivity contribution is -0.141. The van der Waals surface area contributed by atoms with Crippen LogP contribution in [0.3, 0.4) is 0 Å². The second-order valence-corrected chi connectivity index (χ2v) is 5.40. The van der Waals surface area contributed by atoms with Crippen LogP contribution in [0.5, 0.6) is 0 Å². The van der Waals surface area contributed by atoms with Gasteiger partial charge in [-0.15, -0.1) is 0 Å². The van der Waals surface area contributed by atoms with Gasteiger partial charge >= 0.3 is 0 Å². The van der Waals surface area contributed by atoms with Crippen molar-refractivity contribution in [3.63, 3.8) is 0 Å². The first kappa shape index (κ1) is 13.1. The van der Waals surface area contributed by atoms with E-state index < -0.39 is 0 Å². The quantitative estimate of drug-likeness (QED) is 0.678. The Kier molecular flexibility index (Phi) is 3.68. The number of rotatable bonds is 2. The van der Waals surface area contributed by atoms with Gasteiger partial charge in [-0.05, 0) is 18.8 Å². The highest BCUT2D eigenvalue weighted by Crippen LogP contribution is 2.24. The fraction of sp³-hybridized carbons (Fsp3) is 0.769. The predicted octanol–water partition coefficient (Wildman–Crippen LogP) is 0.640. The van der Waals surface area contributed by atoms with Crippen molar-refractivity contribution in [1.82, 2.24) is 9.80 Å². The van der Waals surface area contributed by atoms with Crippen molar-refractivity contribution in [1.29, 1.82) is 0 Å². The Balaban J connectivity index is 1.87. The standard InChI is InChI=1S/C13H20N2O3/c1-9-7-12(17)15(13(9)18)8-11-3-5-14(6-4-11)10(2)16/h9,11H,3-8H2,1-2H3. The van der Waals surface area contributed by atoms with E-state index in [0.717, 1.165) is 25.9 Å². The van der Waals surface area contributed by atoms with Gasteiger partial charge in [-0.2, -0.15) is 0 Å². The lowest BCUT2D eigenvalue weighted by Gasteiger charge is -2.32. The van der Waals surface area contributed by atoms with Gasteiger partial charge < -0.3 is 4.90 Å². The third-order valence-corrected chi connectivity index (χ3v) is 3.97. The fourth-order valence-electron chi connectivity index (χ4n) is 2.73. The van der Waals surface area contributed by atoms with E-state index in [2.05, 4.69) is 0 Å². The minimum atomic E-state index is -0.158. The molecule has 1 unspecified atom stereocenters. The molecule has 3 amide bonds. The zero-order chi connectivity index (χ0) is 13.3. The third kappa shape index (κ3) is 2.54. The van der Waals surface area contributed by atoms with Crippen molar-refractivity contribution in [3.05, 3.63) is 0 Å². The van der Waals surface area contributed by atoms with E-state index in [-0.39, 0.29) is 23.6 Å². The average Bonchev–Trinajstić information content (AvgIpc) is 2.57. The molecule has 0 aromatic heterocycles. The minimum Gasteiger partial charge on any atom is -0.343 e. The van der Waals surface area contributed by atoms with Crippen molar-refractivity contribution in [2.24, 2.45) is 11.8 Å². The summed E-state index contributed by atoms with van der Waals surface area (Å²) in [6.45, 7) is 5.40. The molecular formula is C13H20N2O3. The second kappa shape index (κ2) is 5.08. The topological polar surface area (TPSA) is 57.7 Å². The summed E-state index contributed by atoms with van der Waals surface area (Å²) in [6, 6.07) is 0. The molecular weight excluding hydrogens is 232 g/mol. The van der Waals surface area contributed by atoms with E-state index in [1.807, 2.05) is 4.90 Å². The van der Waals surface area contributed by atoms with Gasteiger partial charge in [-0.25, -0.2) is 0 Å². The van der Waals surface area contributed by atoms with E-state index in [4.69, 9.17) is 0 Å². The SMILES string of the molecule is CC(=O)N1CCC(CN2C(=O)CC(C)C2=O)CC1. The van der Waals surface area contributed by atoms with Crippen LogP contribution in [0.4, 0.5) is 0 Å². The smallest absolute Gasteiger partial charge is 0.232 e. The Morgan fingerprint density at radius 2 is 1.89 bits per heavy atom. The number of hydrogen-bond acceptors (Lipinski definition) is 3. The average molecular weight is 252 g/mol. The number of amides is 3. The summed E-state index contributed by atoms with van der Waals surface area (Å²) >= 11 is 0. The van der Waals surface area contributed by atoms with Crippen LogP contribution in [0.15, 0.2) is 0 Å². The van der Waals surface area contributed by atoms with Crippen LogP contribution < -0.4 is 0 Å². The molecule has 1 atom stereocenters. The first-order valence-electron chi connectivity index (χ1n) is 6.58. The summed E-state index contributed by atoms with van der Waals surface area (Å²) in [7, 11) is 0. The van der Waals surface area contributed by atoms with Gasteiger partial charge in [-0.1, -0.05) is 6.92 Å². The van der Waals surface area contributed by atoms with E-state index in [9.17, 15) is 14.4 Å². The normalized spacial score (nSPS) is 26.0. The zero-order valence-corrected chi connectivity index (χ0v) is 11.0. The maximum atomic E-state index is 11.8. The van der Waals surface area contributed by atoms with Crippen LogP contribution in [-0.2, 0) is 14.4 Å². The van der Waals surface area contributed by atoms with Crippen LogP contribution in [0.1, 0.15) is 33.1 Å². The van der Waals surface area contributed by atoms with Crippen LogP contribution >= 0.6 is 0 Å². The highest BCUT2D eigenvalue weighted by atomic mass is 16.2. The first-order valence-corrected chi connectivity index (χ1v) is 6.58. The van der Waals surface area contributed by atoms with E-state index >= 15 is 0 Å². The molecule has 0 radical (unpaired) electrons. The Labute approximate surface area is 107 Å². The maximum absolute atomic E-state index is 11.8. The zero-order valence-electron chi connectivity index (χ0n) is 11.0. The molecule has 0 bridgehead atoms. The fourth-order valence-corrected chi connectivity index (χ4v) is 2.73. The summed E-state index contributed by atoms with van der Waals surface area (Å²) in [5.41, 5.74) is 0. The van der Waals surface area contributed by atoms with Crippen molar-refractivity contribution >= 4 is 17.7 Å². The highest BCUT2D eigenvalue weighted by Gasteiger charge is 2.37. The van der Waals surface area contributed by atoms with Gasteiger partial charge in [0.05, 0.1) is 0 Å². The minimum absolute atomic E-state index is 0.0333. The summed E-state index contributed by atoms with van der Waals surface area (Å²) in [5, 5.41) is 0. The van der Waals surface area contributed by atoms with Crippen LogP contribution in [0, 0.1) is 11.8 Å². The Hall–Kier alpha value is -1.39. The van der Waals surface area contributed by atoms with E-state index in [0.29, 0.717) is 18.9 Å². The number of likely N-dealkylation sites (tertiary alicyclic amines) is 2. The number of imide groups is 1. The van der Waals surface area contributed by atoms with Crippen LogP contribution in [-0.4, -0.2) is 47.2 Å². The van der Waals surface area contributed by atoms with Gasteiger partial charge in [0.25, 0.3) is 0 Å². The molecule has 0 aliphatic carbocycles. The Morgan fingerprint density at radius 3 is 2.33 bits per heavy atom. The van der Waals surface area contributed by atoms with Gasteiger partial charge in [0, 0.05) is 38.9 Å². The number of piperidine rings is 1. The molecule has 0 aromatic rings. The van der Waals surface area contributed by atoms with Gasteiger partial charge in [0.15, 0.2) is 0 Å². The maximum Gasteiger partial charge on any atom is 0.232 e. The van der Waals surface area contributed by atoms with Crippen LogP contribution in [0.2, 0.25) is 0 Å². The number of nitrogens with zero attached hydrogens (tertiary/aromatic N) is 2. The molecule has 100 valence electrons. The third-order valence-electron chi connectivity index (χ3n) is 3.97. The summed E-state index contributed by atoms with van der Waals surface area (Å²) in [5.74, 6) is 0.222. The molecule has 5 heteroatoms. The van der Waals surface area contributed by atoms with Crippen molar-refractivity contribution in [3.8, 4) is 0 Å². The molecule has 0 aromatic carbocycles. The number of carbonyl (C=O) groups is 3. The molecule has 2 heterocycles. The molecule has 2 fully saturated rings. The molecule has 2 rings (SSSR count). The highest BCUT2D eigenvalue weighted by molar-refractivity contribution is 6.03. The van der Waals surface area contributed by atoms with Gasteiger partial charge in [0.2, 0.25) is 17.7 Å². The van der Waals surface area contributed by atoms with Crippen molar-refractivity contribution in [2.45, 2.75) is 33.1 Å². The number of carbonyl (C=O) groups excluding carboxylic acids is 3. The first-order chi connectivity index (χ1) is 8.49.